The van der Waals surface area contributed by atoms with Crippen LogP contribution in [-0.2, 0) is 11.3 Å². The molecule has 1 N–H and O–H groups in total. The van der Waals surface area contributed by atoms with E-state index in [4.69, 9.17) is 10.4 Å². The van der Waals surface area contributed by atoms with Crippen molar-refractivity contribution in [2.45, 2.75) is 13.0 Å². The predicted octanol–water partition coefficient (Wildman–Crippen LogP) is 1.40. The van der Waals surface area contributed by atoms with Gasteiger partial charge in [0.15, 0.2) is 0 Å². The first-order chi connectivity index (χ1) is 9.51. The number of likely N-dealkylation sites (N-methyl/N-ethyl adjacent to an activating group) is 1. The van der Waals surface area contributed by atoms with Crippen LogP contribution in [0.15, 0.2) is 24.3 Å². The van der Waals surface area contributed by atoms with Crippen LogP contribution in [0.5, 0.6) is 0 Å². The monoisotopic (exact) mass is 275 g/mol. The number of nitriles is 1. The third-order valence-corrected chi connectivity index (χ3v) is 2.97. The number of carboxylic acids is 1. The van der Waals surface area contributed by atoms with Gasteiger partial charge in [-0.1, -0.05) is 12.1 Å². The van der Waals surface area contributed by atoms with Crippen LogP contribution < -0.4 is 0 Å². The summed E-state index contributed by atoms with van der Waals surface area (Å²) in [6.07, 6.45) is 0.130. The fourth-order valence-electron chi connectivity index (χ4n) is 1.86. The standard InChI is InChI=1S/C15H21N3O2/c1-17(2)8-9-18(7-6-15(19)20)12-14-5-3-4-13(10-14)11-16/h3-5,10H,6-9,12H2,1-2H3,(H,19,20). The lowest BCUT2D eigenvalue weighted by atomic mass is 10.1. The highest BCUT2D eigenvalue weighted by atomic mass is 16.4. The summed E-state index contributed by atoms with van der Waals surface area (Å²) in [5.74, 6) is -0.786. The van der Waals surface area contributed by atoms with E-state index in [1.807, 2.05) is 32.3 Å². The van der Waals surface area contributed by atoms with Gasteiger partial charge in [0, 0.05) is 26.2 Å². The molecule has 1 rings (SSSR count). The second-order valence-electron chi connectivity index (χ2n) is 5.04. The molecule has 0 saturated carbocycles. The zero-order chi connectivity index (χ0) is 15.0. The van der Waals surface area contributed by atoms with Gasteiger partial charge in [-0.15, -0.1) is 0 Å². The summed E-state index contributed by atoms with van der Waals surface area (Å²) < 4.78 is 0. The molecule has 0 atom stereocenters. The van der Waals surface area contributed by atoms with E-state index >= 15 is 0 Å². The molecule has 0 spiro atoms. The molecular weight excluding hydrogens is 254 g/mol. The molecule has 0 saturated heterocycles. The van der Waals surface area contributed by atoms with Crippen LogP contribution in [-0.4, -0.2) is 54.6 Å². The Morgan fingerprint density at radius 2 is 2.05 bits per heavy atom. The number of aliphatic carboxylic acids is 1. The molecule has 1 aromatic rings. The van der Waals surface area contributed by atoms with E-state index in [9.17, 15) is 4.79 Å². The fraction of sp³-hybridized carbons (Fsp3) is 0.467. The average Bonchev–Trinajstić information content (AvgIpc) is 2.41. The van der Waals surface area contributed by atoms with Gasteiger partial charge in [0.05, 0.1) is 18.1 Å². The Morgan fingerprint density at radius 3 is 2.65 bits per heavy atom. The molecule has 0 aliphatic heterocycles. The SMILES string of the molecule is CN(C)CCN(CCC(=O)O)Cc1cccc(C#N)c1. The molecule has 20 heavy (non-hydrogen) atoms. The Labute approximate surface area is 120 Å². The summed E-state index contributed by atoms with van der Waals surface area (Å²) in [5.41, 5.74) is 1.67. The largest absolute Gasteiger partial charge is 0.481 e. The summed E-state index contributed by atoms with van der Waals surface area (Å²) in [7, 11) is 3.98. The van der Waals surface area contributed by atoms with Crippen LogP contribution in [0.4, 0.5) is 0 Å². The maximum absolute atomic E-state index is 10.7. The fourth-order valence-corrected chi connectivity index (χ4v) is 1.86. The normalized spacial score (nSPS) is 10.8. The molecule has 0 aliphatic carbocycles. The molecule has 5 nitrogen and oxygen atoms in total. The van der Waals surface area contributed by atoms with Crippen molar-refractivity contribution >= 4 is 5.97 Å². The van der Waals surface area contributed by atoms with Gasteiger partial charge in [-0.2, -0.15) is 5.26 Å². The molecule has 0 heterocycles. The van der Waals surface area contributed by atoms with Crippen LogP contribution in [0, 0.1) is 11.3 Å². The summed E-state index contributed by atoms with van der Waals surface area (Å²) in [5, 5.41) is 17.7. The Morgan fingerprint density at radius 1 is 1.30 bits per heavy atom. The molecule has 0 unspecified atom stereocenters. The summed E-state index contributed by atoms with van der Waals surface area (Å²) in [6, 6.07) is 9.56. The van der Waals surface area contributed by atoms with Crippen LogP contribution in [0.25, 0.3) is 0 Å². The first-order valence-corrected chi connectivity index (χ1v) is 6.59. The first-order valence-electron chi connectivity index (χ1n) is 6.59. The quantitative estimate of drug-likeness (QED) is 0.776. The highest BCUT2D eigenvalue weighted by Crippen LogP contribution is 2.08. The zero-order valence-corrected chi connectivity index (χ0v) is 12.0. The third kappa shape index (κ3) is 6.32. The smallest absolute Gasteiger partial charge is 0.304 e. The van der Waals surface area contributed by atoms with Crippen molar-refractivity contribution in [2.75, 3.05) is 33.7 Å². The van der Waals surface area contributed by atoms with Crippen molar-refractivity contribution in [1.82, 2.24) is 9.80 Å². The lowest BCUT2D eigenvalue weighted by Gasteiger charge is -2.23. The van der Waals surface area contributed by atoms with Gasteiger partial charge in [-0.3, -0.25) is 9.69 Å². The molecule has 0 fully saturated rings. The molecule has 0 bridgehead atoms. The van der Waals surface area contributed by atoms with Crippen molar-refractivity contribution in [3.8, 4) is 6.07 Å². The lowest BCUT2D eigenvalue weighted by Crippen LogP contribution is -2.33. The first kappa shape index (κ1) is 16.2. The van der Waals surface area contributed by atoms with Gasteiger partial charge in [0.2, 0.25) is 0 Å². The van der Waals surface area contributed by atoms with Gasteiger partial charge in [0.1, 0.15) is 0 Å². The number of hydrogen-bond donors (Lipinski definition) is 1. The van der Waals surface area contributed by atoms with Gasteiger partial charge in [0.25, 0.3) is 0 Å². The summed E-state index contributed by atoms with van der Waals surface area (Å²) in [4.78, 5) is 14.9. The molecule has 0 radical (unpaired) electrons. The van der Waals surface area contributed by atoms with E-state index in [1.165, 1.54) is 0 Å². The Kier molecular flexibility index (Phi) is 6.71. The maximum atomic E-state index is 10.7. The van der Waals surface area contributed by atoms with E-state index in [1.54, 1.807) is 6.07 Å². The Bertz CT molecular complexity index is 480. The van der Waals surface area contributed by atoms with Crippen LogP contribution >= 0.6 is 0 Å². The van der Waals surface area contributed by atoms with Crippen LogP contribution in [0.1, 0.15) is 17.5 Å². The van der Waals surface area contributed by atoms with Crippen molar-refractivity contribution in [1.29, 1.82) is 5.26 Å². The van der Waals surface area contributed by atoms with E-state index < -0.39 is 5.97 Å². The highest BCUT2D eigenvalue weighted by molar-refractivity contribution is 5.66. The number of benzene rings is 1. The van der Waals surface area contributed by atoms with E-state index in [0.29, 0.717) is 18.7 Å². The second-order valence-corrected chi connectivity index (χ2v) is 5.04. The number of hydrogen-bond acceptors (Lipinski definition) is 4. The van der Waals surface area contributed by atoms with Crippen molar-refractivity contribution in [3.05, 3.63) is 35.4 Å². The van der Waals surface area contributed by atoms with Crippen LogP contribution in [0.2, 0.25) is 0 Å². The molecule has 1 aromatic carbocycles. The second kappa shape index (κ2) is 8.31. The molecule has 5 heteroatoms. The minimum Gasteiger partial charge on any atom is -0.481 e. The number of rotatable bonds is 8. The number of carbonyl (C=O) groups is 1. The molecule has 108 valence electrons. The average molecular weight is 275 g/mol. The number of nitrogens with zero attached hydrogens (tertiary/aromatic N) is 3. The van der Waals surface area contributed by atoms with E-state index in [2.05, 4.69) is 15.9 Å². The molecule has 0 aromatic heterocycles. The minimum absolute atomic E-state index is 0.130. The van der Waals surface area contributed by atoms with E-state index in [-0.39, 0.29) is 6.42 Å². The van der Waals surface area contributed by atoms with Crippen molar-refractivity contribution < 1.29 is 9.90 Å². The Balaban J connectivity index is 2.66. The lowest BCUT2D eigenvalue weighted by molar-refractivity contribution is -0.137. The van der Waals surface area contributed by atoms with Gasteiger partial charge >= 0.3 is 5.97 Å². The molecule has 0 amide bonds. The van der Waals surface area contributed by atoms with Crippen LogP contribution in [0.3, 0.4) is 0 Å². The Hall–Kier alpha value is -1.90. The van der Waals surface area contributed by atoms with Gasteiger partial charge < -0.3 is 10.0 Å². The highest BCUT2D eigenvalue weighted by Gasteiger charge is 2.09. The molecule has 0 aliphatic rings. The third-order valence-electron chi connectivity index (χ3n) is 2.97. The summed E-state index contributed by atoms with van der Waals surface area (Å²) >= 11 is 0. The molecular formula is C15H21N3O2. The minimum atomic E-state index is -0.786. The summed E-state index contributed by atoms with van der Waals surface area (Å²) in [6.45, 7) is 2.85. The van der Waals surface area contributed by atoms with Gasteiger partial charge in [-0.05, 0) is 31.8 Å². The van der Waals surface area contributed by atoms with Crippen molar-refractivity contribution in [2.24, 2.45) is 0 Å². The maximum Gasteiger partial charge on any atom is 0.304 e. The van der Waals surface area contributed by atoms with Gasteiger partial charge in [-0.25, -0.2) is 0 Å². The predicted molar refractivity (Wildman–Crippen MR) is 77.2 cm³/mol. The van der Waals surface area contributed by atoms with E-state index in [0.717, 1.165) is 18.7 Å². The number of carboxylic acid groups (broad SMARTS) is 1. The van der Waals surface area contributed by atoms with Crippen molar-refractivity contribution in [3.63, 3.8) is 0 Å². The topological polar surface area (TPSA) is 67.6 Å². The zero-order valence-electron chi connectivity index (χ0n) is 12.0.